The van der Waals surface area contributed by atoms with Crippen molar-refractivity contribution in [2.75, 3.05) is 6.61 Å². The first-order valence-electron chi connectivity index (χ1n) is 7.66. The van der Waals surface area contributed by atoms with E-state index < -0.39 is 11.6 Å². The molecule has 126 valence electrons. The summed E-state index contributed by atoms with van der Waals surface area (Å²) in [5, 5.41) is 9.50. The molecule has 0 aliphatic carbocycles. The minimum absolute atomic E-state index is 0.178. The summed E-state index contributed by atoms with van der Waals surface area (Å²) in [7, 11) is 0. The van der Waals surface area contributed by atoms with Crippen LogP contribution in [0.4, 0.5) is 8.78 Å². The summed E-state index contributed by atoms with van der Waals surface area (Å²) in [6.07, 6.45) is 2.00. The molecule has 0 unspecified atom stereocenters. The highest BCUT2D eigenvalue weighted by atomic mass is 19.1. The van der Waals surface area contributed by atoms with Crippen LogP contribution in [0.15, 0.2) is 48.7 Å². The molecular weight excluding hydrogens is 326 g/mol. The molecule has 1 heterocycles. The number of carbonyl (C=O) groups excluding carboxylic acids is 1. The summed E-state index contributed by atoms with van der Waals surface area (Å²) in [6.45, 7) is 0.104. The van der Waals surface area contributed by atoms with Crippen LogP contribution in [-0.2, 0) is 6.54 Å². The van der Waals surface area contributed by atoms with Crippen LogP contribution in [0.1, 0.15) is 16.8 Å². The fraction of sp³-hybridized carbons (Fsp3) is 0.158. The lowest BCUT2D eigenvalue weighted by molar-refractivity contribution is 0.0920. The van der Waals surface area contributed by atoms with Gasteiger partial charge in [0.15, 0.2) is 18.2 Å². The van der Waals surface area contributed by atoms with Crippen LogP contribution < -0.4 is 4.74 Å². The molecule has 0 aliphatic heterocycles. The number of aryl methyl sites for hydroxylation is 1. The van der Waals surface area contributed by atoms with Gasteiger partial charge in [-0.3, -0.25) is 4.79 Å². The third kappa shape index (κ3) is 3.50. The van der Waals surface area contributed by atoms with Crippen LogP contribution in [0.2, 0.25) is 0 Å². The Balaban J connectivity index is 1.83. The van der Waals surface area contributed by atoms with Crippen LogP contribution in [0.5, 0.6) is 5.75 Å². The molecule has 4 nitrogen and oxygen atoms in total. The quantitative estimate of drug-likeness (QED) is 0.635. The van der Waals surface area contributed by atoms with E-state index in [2.05, 4.69) is 6.07 Å². The fourth-order valence-electron chi connectivity index (χ4n) is 2.64. The zero-order valence-corrected chi connectivity index (χ0v) is 13.2. The van der Waals surface area contributed by atoms with Crippen molar-refractivity contribution in [2.24, 2.45) is 0 Å². The lowest BCUT2D eigenvalue weighted by Gasteiger charge is -2.06. The largest absolute Gasteiger partial charge is 0.482 e. The Labute approximate surface area is 142 Å². The summed E-state index contributed by atoms with van der Waals surface area (Å²) < 4.78 is 33.5. The van der Waals surface area contributed by atoms with Crippen LogP contribution in [0, 0.1) is 23.0 Å². The maximum Gasteiger partial charge on any atom is 0.202 e. The van der Waals surface area contributed by atoms with Crippen molar-refractivity contribution in [2.45, 2.75) is 13.0 Å². The highest BCUT2D eigenvalue weighted by Crippen LogP contribution is 2.23. The molecule has 6 heteroatoms. The Morgan fingerprint density at radius 1 is 1.20 bits per heavy atom. The van der Waals surface area contributed by atoms with Crippen LogP contribution in [-0.4, -0.2) is 17.0 Å². The van der Waals surface area contributed by atoms with Crippen molar-refractivity contribution < 1.29 is 18.3 Å². The molecule has 2 aromatic carbocycles. The summed E-state index contributed by atoms with van der Waals surface area (Å²) in [4.78, 5) is 12.5. The number of Topliss-reactive ketones (excluding diaryl/α,β-unsaturated/α-hetero) is 1. The molecule has 1 aromatic heterocycles. The lowest BCUT2D eigenvalue weighted by Crippen LogP contribution is -2.12. The second kappa shape index (κ2) is 7.14. The average Bonchev–Trinajstić information content (AvgIpc) is 2.98. The predicted octanol–water partition coefficient (Wildman–Crippen LogP) is 4.09. The molecular formula is C19H14F2N2O2. The van der Waals surface area contributed by atoms with Gasteiger partial charge in [0.25, 0.3) is 0 Å². The zero-order valence-electron chi connectivity index (χ0n) is 13.2. The Hall–Kier alpha value is -3.20. The third-order valence-corrected chi connectivity index (χ3v) is 3.81. The van der Waals surface area contributed by atoms with E-state index in [1.165, 1.54) is 0 Å². The molecule has 0 radical (unpaired) electrons. The Morgan fingerprint density at radius 2 is 2.00 bits per heavy atom. The van der Waals surface area contributed by atoms with Crippen LogP contribution in [0.25, 0.3) is 10.9 Å². The Bertz CT molecular complexity index is 973. The van der Waals surface area contributed by atoms with Crippen LogP contribution in [0.3, 0.4) is 0 Å². The molecule has 0 saturated carbocycles. The molecule has 0 amide bonds. The number of carbonyl (C=O) groups is 1. The number of para-hydroxylation sites is 1. The van der Waals surface area contributed by atoms with E-state index >= 15 is 0 Å². The van der Waals surface area contributed by atoms with Crippen molar-refractivity contribution in [1.82, 2.24) is 4.57 Å². The minimum Gasteiger partial charge on any atom is -0.482 e. The number of fused-ring (bicyclic) bond motifs is 1. The van der Waals surface area contributed by atoms with Gasteiger partial charge in [0, 0.05) is 35.3 Å². The average molecular weight is 340 g/mol. The van der Waals surface area contributed by atoms with Gasteiger partial charge < -0.3 is 9.30 Å². The van der Waals surface area contributed by atoms with Gasteiger partial charge in [0.05, 0.1) is 12.5 Å². The van der Waals surface area contributed by atoms with Gasteiger partial charge in [-0.05, 0) is 18.2 Å². The van der Waals surface area contributed by atoms with E-state index in [1.54, 1.807) is 6.20 Å². The summed E-state index contributed by atoms with van der Waals surface area (Å²) >= 11 is 0. The van der Waals surface area contributed by atoms with Crippen molar-refractivity contribution in [3.63, 3.8) is 0 Å². The number of benzene rings is 2. The smallest absolute Gasteiger partial charge is 0.202 e. The maximum atomic E-state index is 13.6. The lowest BCUT2D eigenvalue weighted by atomic mass is 10.1. The number of nitrogens with zero attached hydrogens (tertiary/aromatic N) is 2. The summed E-state index contributed by atoms with van der Waals surface area (Å²) in [6, 6.07) is 12.3. The van der Waals surface area contributed by atoms with Crippen molar-refractivity contribution >= 4 is 16.7 Å². The molecule has 0 fully saturated rings. The van der Waals surface area contributed by atoms with Gasteiger partial charge in [0.2, 0.25) is 5.78 Å². The summed E-state index contributed by atoms with van der Waals surface area (Å²) in [5.74, 6) is -2.07. The first kappa shape index (κ1) is 16.7. The minimum atomic E-state index is -0.857. The number of hydrogen-bond donors (Lipinski definition) is 0. The molecule has 0 N–H and O–H groups in total. The number of ether oxygens (including phenoxy) is 1. The standard InChI is InChI=1S/C19H14F2N2O2/c20-13-6-7-19(16(21)10-13)25-12-18(24)15-11-23(9-3-8-22)17-5-2-1-4-14(15)17/h1-2,4-7,10-11H,3,9,12H2. The van der Waals surface area contributed by atoms with E-state index in [0.29, 0.717) is 24.6 Å². The monoisotopic (exact) mass is 340 g/mol. The first-order valence-corrected chi connectivity index (χ1v) is 7.66. The summed E-state index contributed by atoms with van der Waals surface area (Å²) in [5.41, 5.74) is 1.28. The van der Waals surface area contributed by atoms with E-state index in [1.807, 2.05) is 28.8 Å². The Kier molecular flexibility index (Phi) is 4.75. The second-order valence-corrected chi connectivity index (χ2v) is 5.45. The third-order valence-electron chi connectivity index (χ3n) is 3.81. The van der Waals surface area contributed by atoms with E-state index in [-0.39, 0.29) is 18.1 Å². The van der Waals surface area contributed by atoms with Gasteiger partial charge >= 0.3 is 0 Å². The van der Waals surface area contributed by atoms with E-state index in [4.69, 9.17) is 10.00 Å². The topological polar surface area (TPSA) is 55.0 Å². The molecule has 25 heavy (non-hydrogen) atoms. The fourth-order valence-corrected chi connectivity index (χ4v) is 2.64. The predicted molar refractivity (Wildman–Crippen MR) is 88.4 cm³/mol. The zero-order chi connectivity index (χ0) is 17.8. The first-order chi connectivity index (χ1) is 12.1. The number of halogens is 2. The normalized spacial score (nSPS) is 10.6. The van der Waals surface area contributed by atoms with E-state index in [9.17, 15) is 13.6 Å². The molecule has 3 aromatic rings. The molecule has 0 atom stereocenters. The SMILES string of the molecule is N#CCCn1cc(C(=O)COc2ccc(F)cc2F)c2ccccc21. The molecule has 0 saturated heterocycles. The Morgan fingerprint density at radius 3 is 2.76 bits per heavy atom. The van der Waals surface area contributed by atoms with Gasteiger partial charge in [-0.2, -0.15) is 5.26 Å². The van der Waals surface area contributed by atoms with Gasteiger partial charge in [-0.25, -0.2) is 8.78 Å². The number of aromatic nitrogens is 1. The van der Waals surface area contributed by atoms with Crippen molar-refractivity contribution in [3.8, 4) is 11.8 Å². The van der Waals surface area contributed by atoms with Crippen LogP contribution >= 0.6 is 0 Å². The molecule has 3 rings (SSSR count). The number of hydrogen-bond acceptors (Lipinski definition) is 3. The van der Waals surface area contributed by atoms with Gasteiger partial charge in [0.1, 0.15) is 5.82 Å². The van der Waals surface area contributed by atoms with Gasteiger partial charge in [-0.15, -0.1) is 0 Å². The number of ketones is 1. The highest BCUT2D eigenvalue weighted by molar-refractivity contribution is 6.08. The second-order valence-electron chi connectivity index (χ2n) is 5.45. The molecule has 0 aliphatic rings. The number of rotatable bonds is 6. The van der Waals surface area contributed by atoms with Crippen molar-refractivity contribution in [1.29, 1.82) is 5.26 Å². The molecule has 0 spiro atoms. The number of nitriles is 1. The van der Waals surface area contributed by atoms with Gasteiger partial charge in [-0.1, -0.05) is 18.2 Å². The highest BCUT2D eigenvalue weighted by Gasteiger charge is 2.16. The van der Waals surface area contributed by atoms with E-state index in [0.717, 1.165) is 23.0 Å². The molecule has 0 bridgehead atoms. The van der Waals surface area contributed by atoms with Crippen molar-refractivity contribution in [3.05, 3.63) is 65.9 Å². The maximum absolute atomic E-state index is 13.6.